The number of nitrogens with two attached hydrogens (primary N) is 1. The normalized spacial score (nSPS) is 11.7. The molecule has 2 N–H and O–H groups in total. The number of hydrogen-bond donors (Lipinski definition) is 1. The predicted molar refractivity (Wildman–Crippen MR) is 69.5 cm³/mol. The molecule has 1 aromatic carbocycles. The second-order valence-electron chi connectivity index (χ2n) is 3.81. The second kappa shape index (κ2) is 7.06. The molecule has 0 aliphatic rings. The molecule has 0 unspecified atom stereocenters. The van der Waals surface area contributed by atoms with Crippen molar-refractivity contribution in [3.63, 3.8) is 0 Å². The molecular weight excluding hydrogens is 273 g/mol. The van der Waals surface area contributed by atoms with Gasteiger partial charge >= 0.3 is 0 Å². The van der Waals surface area contributed by atoms with Gasteiger partial charge in [0.1, 0.15) is 11.6 Å². The highest BCUT2D eigenvalue weighted by atomic mass is 35.5. The molecule has 0 saturated carbocycles. The van der Waals surface area contributed by atoms with Gasteiger partial charge < -0.3 is 15.0 Å². The predicted octanol–water partition coefficient (Wildman–Crippen LogP) is 2.62. The maximum absolute atomic E-state index is 12.9. The van der Waals surface area contributed by atoms with Crippen LogP contribution < -0.4 is 10.5 Å². The van der Waals surface area contributed by atoms with Gasteiger partial charge in [-0.1, -0.05) is 18.1 Å². The van der Waals surface area contributed by atoms with Gasteiger partial charge in [0.2, 0.25) is 11.7 Å². The van der Waals surface area contributed by atoms with E-state index in [9.17, 15) is 4.39 Å². The molecule has 5 nitrogen and oxygen atoms in total. The first-order valence-electron chi connectivity index (χ1n) is 5.65. The number of rotatable bonds is 5. The molecule has 1 heterocycles. The third kappa shape index (κ3) is 4.18. The standard InChI is InChI=1S/C12H14FN3O2.ClH/c1-2-10(14)12-15-11(16-18-12)7-17-9-5-3-4-8(13)6-9;/h3-6,10H,2,7,14H2,1H3;1H/t10-;/m0./s1. The van der Waals surface area contributed by atoms with Crippen LogP contribution in [-0.2, 0) is 6.61 Å². The van der Waals surface area contributed by atoms with Crippen LogP contribution in [0, 0.1) is 5.82 Å². The number of nitrogens with zero attached hydrogens (tertiary/aromatic N) is 2. The van der Waals surface area contributed by atoms with Gasteiger partial charge in [0.15, 0.2) is 6.61 Å². The molecule has 0 amide bonds. The van der Waals surface area contributed by atoms with Crippen LogP contribution in [-0.4, -0.2) is 10.1 Å². The molecule has 19 heavy (non-hydrogen) atoms. The Labute approximate surface area is 116 Å². The van der Waals surface area contributed by atoms with E-state index < -0.39 is 0 Å². The number of aromatic nitrogens is 2. The first-order chi connectivity index (χ1) is 8.69. The van der Waals surface area contributed by atoms with Gasteiger partial charge in [-0.05, 0) is 18.6 Å². The summed E-state index contributed by atoms with van der Waals surface area (Å²) in [6.45, 7) is 2.04. The van der Waals surface area contributed by atoms with Gasteiger partial charge in [0.05, 0.1) is 6.04 Å². The number of benzene rings is 1. The lowest BCUT2D eigenvalue weighted by atomic mass is 10.2. The van der Waals surface area contributed by atoms with Crippen LogP contribution in [0.15, 0.2) is 28.8 Å². The van der Waals surface area contributed by atoms with Crippen molar-refractivity contribution in [2.45, 2.75) is 26.0 Å². The minimum atomic E-state index is -0.352. The molecular formula is C12H15ClFN3O2. The van der Waals surface area contributed by atoms with Gasteiger partial charge in [0.25, 0.3) is 0 Å². The summed E-state index contributed by atoms with van der Waals surface area (Å²) in [6.07, 6.45) is 0.715. The molecule has 1 atom stereocenters. The van der Waals surface area contributed by atoms with E-state index in [0.29, 0.717) is 23.9 Å². The van der Waals surface area contributed by atoms with E-state index in [1.165, 1.54) is 12.1 Å². The first-order valence-corrected chi connectivity index (χ1v) is 5.65. The Bertz CT molecular complexity index is 521. The summed E-state index contributed by atoms with van der Waals surface area (Å²) in [5.41, 5.74) is 5.75. The Balaban J connectivity index is 0.00000180. The first kappa shape index (κ1) is 15.4. The van der Waals surface area contributed by atoms with E-state index in [1.54, 1.807) is 12.1 Å². The van der Waals surface area contributed by atoms with Crippen LogP contribution >= 0.6 is 12.4 Å². The minimum Gasteiger partial charge on any atom is -0.485 e. The molecule has 0 bridgehead atoms. The van der Waals surface area contributed by atoms with Crippen LogP contribution in [0.1, 0.15) is 31.1 Å². The largest absolute Gasteiger partial charge is 0.485 e. The molecule has 2 aromatic rings. The Morgan fingerprint density at radius 3 is 2.95 bits per heavy atom. The van der Waals surface area contributed by atoms with Crippen molar-refractivity contribution in [2.24, 2.45) is 5.73 Å². The summed E-state index contributed by atoms with van der Waals surface area (Å²) in [6, 6.07) is 5.60. The fourth-order valence-corrected chi connectivity index (χ4v) is 1.36. The fourth-order valence-electron chi connectivity index (χ4n) is 1.36. The molecule has 7 heteroatoms. The molecule has 0 spiro atoms. The summed E-state index contributed by atoms with van der Waals surface area (Å²) >= 11 is 0. The van der Waals surface area contributed by atoms with Gasteiger partial charge in [-0.15, -0.1) is 12.4 Å². The van der Waals surface area contributed by atoms with Crippen molar-refractivity contribution >= 4 is 12.4 Å². The number of hydrogen-bond acceptors (Lipinski definition) is 5. The molecule has 0 saturated heterocycles. The third-order valence-electron chi connectivity index (χ3n) is 2.40. The maximum atomic E-state index is 12.9. The van der Waals surface area contributed by atoms with E-state index >= 15 is 0 Å². The van der Waals surface area contributed by atoms with E-state index in [1.807, 2.05) is 6.92 Å². The van der Waals surface area contributed by atoms with Crippen LogP contribution in [0.25, 0.3) is 0 Å². The van der Waals surface area contributed by atoms with Crippen molar-refractivity contribution < 1.29 is 13.7 Å². The zero-order chi connectivity index (χ0) is 13.0. The van der Waals surface area contributed by atoms with Crippen LogP contribution in [0.2, 0.25) is 0 Å². The van der Waals surface area contributed by atoms with E-state index in [-0.39, 0.29) is 30.9 Å². The lowest BCUT2D eigenvalue weighted by Gasteiger charge is -2.02. The SMILES string of the molecule is CC[C@H](N)c1nc(COc2cccc(F)c2)no1.Cl. The fraction of sp³-hybridized carbons (Fsp3) is 0.333. The highest BCUT2D eigenvalue weighted by molar-refractivity contribution is 5.85. The maximum Gasteiger partial charge on any atom is 0.243 e. The van der Waals surface area contributed by atoms with Gasteiger partial charge in [-0.3, -0.25) is 0 Å². The van der Waals surface area contributed by atoms with Gasteiger partial charge in [-0.25, -0.2) is 4.39 Å². The van der Waals surface area contributed by atoms with E-state index in [0.717, 1.165) is 0 Å². The third-order valence-corrected chi connectivity index (χ3v) is 2.40. The highest BCUT2D eigenvalue weighted by Crippen LogP contribution is 2.15. The summed E-state index contributed by atoms with van der Waals surface area (Å²) in [5, 5.41) is 3.74. The lowest BCUT2D eigenvalue weighted by Crippen LogP contribution is -2.09. The molecule has 2 rings (SSSR count). The van der Waals surface area contributed by atoms with Crippen molar-refractivity contribution in [2.75, 3.05) is 0 Å². The summed E-state index contributed by atoms with van der Waals surface area (Å²) in [4.78, 5) is 4.10. The van der Waals surface area contributed by atoms with Crippen LogP contribution in [0.4, 0.5) is 4.39 Å². The lowest BCUT2D eigenvalue weighted by molar-refractivity contribution is 0.282. The Kier molecular flexibility index (Phi) is 5.72. The van der Waals surface area contributed by atoms with Crippen molar-refractivity contribution in [3.05, 3.63) is 41.8 Å². The molecule has 1 aromatic heterocycles. The monoisotopic (exact) mass is 287 g/mol. The molecule has 0 aliphatic heterocycles. The zero-order valence-corrected chi connectivity index (χ0v) is 11.2. The average Bonchev–Trinajstić information content (AvgIpc) is 2.84. The average molecular weight is 288 g/mol. The highest BCUT2D eigenvalue weighted by Gasteiger charge is 2.13. The second-order valence-corrected chi connectivity index (χ2v) is 3.81. The summed E-state index contributed by atoms with van der Waals surface area (Å²) in [7, 11) is 0. The minimum absolute atomic E-state index is 0. The Morgan fingerprint density at radius 2 is 2.26 bits per heavy atom. The van der Waals surface area contributed by atoms with Crippen molar-refractivity contribution in [3.8, 4) is 5.75 Å². The van der Waals surface area contributed by atoms with Crippen molar-refractivity contribution in [1.29, 1.82) is 0 Å². The smallest absolute Gasteiger partial charge is 0.243 e. The molecule has 0 aliphatic carbocycles. The summed E-state index contributed by atoms with van der Waals surface area (Å²) in [5.74, 6) is 0.837. The van der Waals surface area contributed by atoms with E-state index in [4.69, 9.17) is 15.0 Å². The van der Waals surface area contributed by atoms with Crippen LogP contribution in [0.3, 0.4) is 0 Å². The summed E-state index contributed by atoms with van der Waals surface area (Å²) < 4.78 is 23.2. The van der Waals surface area contributed by atoms with Crippen molar-refractivity contribution in [1.82, 2.24) is 10.1 Å². The quantitative estimate of drug-likeness (QED) is 0.915. The Morgan fingerprint density at radius 1 is 1.47 bits per heavy atom. The topological polar surface area (TPSA) is 74.2 Å². The Hall–Kier alpha value is -1.66. The number of halogens is 2. The molecule has 104 valence electrons. The van der Waals surface area contributed by atoms with Gasteiger partial charge in [0, 0.05) is 6.07 Å². The molecule has 0 fully saturated rings. The zero-order valence-electron chi connectivity index (χ0n) is 10.4. The van der Waals surface area contributed by atoms with Gasteiger partial charge in [-0.2, -0.15) is 4.98 Å². The van der Waals surface area contributed by atoms with Crippen LogP contribution in [0.5, 0.6) is 5.75 Å². The van der Waals surface area contributed by atoms with E-state index in [2.05, 4.69) is 10.1 Å². The molecule has 0 radical (unpaired) electrons. The number of ether oxygens (including phenoxy) is 1.